The van der Waals surface area contributed by atoms with Crippen LogP contribution < -0.4 is 5.32 Å². The topological polar surface area (TPSA) is 29.9 Å². The number of nitrogens with one attached hydrogen (secondary N) is 1. The van der Waals surface area contributed by atoms with E-state index in [-0.39, 0.29) is 5.41 Å². The molecular weight excluding hydrogens is 234 g/mol. The van der Waals surface area contributed by atoms with E-state index in [1.807, 2.05) is 29.1 Å². The van der Waals surface area contributed by atoms with Gasteiger partial charge in [-0.25, -0.2) is 4.68 Å². The molecule has 1 aromatic carbocycles. The molecular formula is C16H23N3. The highest BCUT2D eigenvalue weighted by Crippen LogP contribution is 2.18. The van der Waals surface area contributed by atoms with E-state index in [4.69, 9.17) is 0 Å². The van der Waals surface area contributed by atoms with E-state index < -0.39 is 0 Å². The molecule has 0 aliphatic carbocycles. The number of rotatable bonds is 4. The highest BCUT2D eigenvalue weighted by molar-refractivity contribution is 5.30. The fourth-order valence-corrected chi connectivity index (χ4v) is 1.74. The van der Waals surface area contributed by atoms with Crippen LogP contribution in [-0.4, -0.2) is 15.8 Å². The molecule has 0 fully saturated rings. The quantitative estimate of drug-likeness (QED) is 0.909. The number of hydrogen-bond donors (Lipinski definition) is 1. The van der Waals surface area contributed by atoms with Crippen LogP contribution in [0.3, 0.4) is 0 Å². The summed E-state index contributed by atoms with van der Waals surface area (Å²) in [4.78, 5) is 0. The first-order valence-electron chi connectivity index (χ1n) is 6.80. The Morgan fingerprint density at radius 3 is 2.47 bits per heavy atom. The summed E-state index contributed by atoms with van der Waals surface area (Å²) >= 11 is 0. The summed E-state index contributed by atoms with van der Waals surface area (Å²) in [6, 6.07) is 12.7. The molecule has 0 aliphatic rings. The Morgan fingerprint density at radius 1 is 1.16 bits per heavy atom. The summed E-state index contributed by atoms with van der Waals surface area (Å²) in [6.45, 7) is 9.75. The van der Waals surface area contributed by atoms with Crippen LogP contribution in [-0.2, 0) is 6.54 Å². The van der Waals surface area contributed by atoms with Gasteiger partial charge in [0.05, 0.1) is 11.4 Å². The second kappa shape index (κ2) is 5.57. The van der Waals surface area contributed by atoms with Crippen molar-refractivity contribution in [2.75, 3.05) is 0 Å². The van der Waals surface area contributed by atoms with Crippen LogP contribution in [0, 0.1) is 5.41 Å². The lowest BCUT2D eigenvalue weighted by atomic mass is 9.88. The average molecular weight is 257 g/mol. The molecule has 0 bridgehead atoms. The average Bonchev–Trinajstić information content (AvgIpc) is 2.84. The van der Waals surface area contributed by atoms with Crippen LogP contribution in [0.15, 0.2) is 42.6 Å². The van der Waals surface area contributed by atoms with Crippen LogP contribution in [0.2, 0.25) is 0 Å². The Kier molecular flexibility index (Phi) is 4.05. The third kappa shape index (κ3) is 3.67. The van der Waals surface area contributed by atoms with Crippen molar-refractivity contribution in [3.63, 3.8) is 0 Å². The first-order chi connectivity index (χ1) is 8.97. The molecule has 1 heterocycles. The van der Waals surface area contributed by atoms with Crippen molar-refractivity contribution in [3.05, 3.63) is 48.3 Å². The van der Waals surface area contributed by atoms with Crippen LogP contribution in [0.25, 0.3) is 5.69 Å². The molecule has 1 aromatic heterocycles. The minimum Gasteiger partial charge on any atom is -0.308 e. The Balaban J connectivity index is 1.99. The van der Waals surface area contributed by atoms with E-state index in [1.165, 1.54) is 0 Å². The van der Waals surface area contributed by atoms with Crippen molar-refractivity contribution in [2.24, 2.45) is 5.41 Å². The first kappa shape index (κ1) is 13.8. The van der Waals surface area contributed by atoms with E-state index in [2.05, 4.69) is 56.3 Å². The van der Waals surface area contributed by atoms with Gasteiger partial charge in [0, 0.05) is 18.8 Å². The second-order valence-electron chi connectivity index (χ2n) is 6.06. The van der Waals surface area contributed by atoms with E-state index in [0.717, 1.165) is 17.9 Å². The number of benzene rings is 1. The molecule has 1 unspecified atom stereocenters. The summed E-state index contributed by atoms with van der Waals surface area (Å²) in [5.74, 6) is 0. The predicted octanol–water partition coefficient (Wildman–Crippen LogP) is 3.40. The van der Waals surface area contributed by atoms with Gasteiger partial charge in [-0.05, 0) is 30.5 Å². The molecule has 102 valence electrons. The summed E-state index contributed by atoms with van der Waals surface area (Å²) in [5, 5.41) is 8.12. The van der Waals surface area contributed by atoms with Crippen LogP contribution >= 0.6 is 0 Å². The number of hydrogen-bond acceptors (Lipinski definition) is 2. The van der Waals surface area contributed by atoms with Gasteiger partial charge < -0.3 is 5.32 Å². The van der Waals surface area contributed by atoms with E-state index in [9.17, 15) is 0 Å². The van der Waals surface area contributed by atoms with E-state index in [0.29, 0.717) is 6.04 Å². The Bertz CT molecular complexity index is 508. The van der Waals surface area contributed by atoms with Gasteiger partial charge in [-0.2, -0.15) is 5.10 Å². The van der Waals surface area contributed by atoms with Gasteiger partial charge in [0.25, 0.3) is 0 Å². The lowest BCUT2D eigenvalue weighted by molar-refractivity contribution is 0.284. The number of aromatic nitrogens is 2. The molecule has 0 saturated carbocycles. The maximum atomic E-state index is 4.59. The molecule has 0 radical (unpaired) electrons. The molecule has 0 amide bonds. The highest BCUT2D eigenvalue weighted by atomic mass is 15.3. The molecule has 3 heteroatoms. The van der Waals surface area contributed by atoms with Crippen LogP contribution in [0.4, 0.5) is 0 Å². The van der Waals surface area contributed by atoms with Crippen molar-refractivity contribution < 1.29 is 0 Å². The number of nitrogens with zero attached hydrogens (tertiary/aromatic N) is 2. The molecule has 3 nitrogen and oxygen atoms in total. The molecule has 1 N–H and O–H groups in total. The fourth-order valence-electron chi connectivity index (χ4n) is 1.74. The monoisotopic (exact) mass is 257 g/mol. The van der Waals surface area contributed by atoms with E-state index >= 15 is 0 Å². The molecule has 2 rings (SSSR count). The highest BCUT2D eigenvalue weighted by Gasteiger charge is 2.19. The van der Waals surface area contributed by atoms with Gasteiger partial charge in [-0.3, -0.25) is 0 Å². The van der Waals surface area contributed by atoms with Gasteiger partial charge in [-0.15, -0.1) is 0 Å². The SMILES string of the molecule is CC(NCc1ccn(-c2ccccc2)n1)C(C)(C)C. The largest absolute Gasteiger partial charge is 0.308 e. The van der Waals surface area contributed by atoms with E-state index in [1.54, 1.807) is 0 Å². The van der Waals surface area contributed by atoms with Crippen LogP contribution in [0.1, 0.15) is 33.4 Å². The summed E-state index contributed by atoms with van der Waals surface area (Å²) in [7, 11) is 0. The van der Waals surface area contributed by atoms with Crippen molar-refractivity contribution in [1.29, 1.82) is 0 Å². The van der Waals surface area contributed by atoms with Gasteiger partial charge in [-0.1, -0.05) is 39.0 Å². The maximum absolute atomic E-state index is 4.59. The minimum atomic E-state index is 0.266. The molecule has 2 aromatic rings. The van der Waals surface area contributed by atoms with Gasteiger partial charge >= 0.3 is 0 Å². The second-order valence-corrected chi connectivity index (χ2v) is 6.06. The Morgan fingerprint density at radius 2 is 1.84 bits per heavy atom. The smallest absolute Gasteiger partial charge is 0.0766 e. The van der Waals surface area contributed by atoms with Crippen molar-refractivity contribution in [1.82, 2.24) is 15.1 Å². The molecule has 1 atom stereocenters. The van der Waals surface area contributed by atoms with Crippen molar-refractivity contribution in [3.8, 4) is 5.69 Å². The fraction of sp³-hybridized carbons (Fsp3) is 0.438. The Hall–Kier alpha value is -1.61. The molecule has 0 saturated heterocycles. The minimum absolute atomic E-state index is 0.266. The summed E-state index contributed by atoms with van der Waals surface area (Å²) in [5.41, 5.74) is 2.43. The standard InChI is InChI=1S/C16H23N3/c1-13(16(2,3)4)17-12-14-10-11-19(18-14)15-8-6-5-7-9-15/h5-11,13,17H,12H2,1-4H3. The van der Waals surface area contributed by atoms with Crippen molar-refractivity contribution in [2.45, 2.75) is 40.3 Å². The Labute approximate surface area is 115 Å². The third-order valence-corrected chi connectivity index (χ3v) is 3.55. The summed E-state index contributed by atoms with van der Waals surface area (Å²) in [6.07, 6.45) is 2.01. The predicted molar refractivity (Wildman–Crippen MR) is 79.3 cm³/mol. The first-order valence-corrected chi connectivity index (χ1v) is 6.80. The summed E-state index contributed by atoms with van der Waals surface area (Å²) < 4.78 is 1.92. The third-order valence-electron chi connectivity index (χ3n) is 3.55. The number of para-hydroxylation sites is 1. The van der Waals surface area contributed by atoms with Gasteiger partial charge in [0.1, 0.15) is 0 Å². The van der Waals surface area contributed by atoms with Crippen molar-refractivity contribution >= 4 is 0 Å². The zero-order valence-electron chi connectivity index (χ0n) is 12.2. The molecule has 19 heavy (non-hydrogen) atoms. The molecule has 0 spiro atoms. The van der Waals surface area contributed by atoms with Crippen LogP contribution in [0.5, 0.6) is 0 Å². The zero-order chi connectivity index (χ0) is 13.9. The van der Waals surface area contributed by atoms with Gasteiger partial charge in [0.2, 0.25) is 0 Å². The lowest BCUT2D eigenvalue weighted by Gasteiger charge is -2.27. The molecule has 0 aliphatic heterocycles. The lowest BCUT2D eigenvalue weighted by Crippen LogP contribution is -2.37. The zero-order valence-corrected chi connectivity index (χ0v) is 12.2. The normalized spacial score (nSPS) is 13.5. The maximum Gasteiger partial charge on any atom is 0.0766 e. The van der Waals surface area contributed by atoms with Gasteiger partial charge in [0.15, 0.2) is 0 Å².